The number of nitrogens with one attached hydrogen (secondary N) is 1. The Morgan fingerprint density at radius 1 is 1.11 bits per heavy atom. The zero-order valence-corrected chi connectivity index (χ0v) is 17.1. The molecule has 2 unspecified atom stereocenters. The Hall–Kier alpha value is -2.86. The quantitative estimate of drug-likeness (QED) is 0.657. The summed E-state index contributed by atoms with van der Waals surface area (Å²) in [6.07, 6.45) is 3.91. The van der Waals surface area contributed by atoms with Gasteiger partial charge in [-0.3, -0.25) is 4.98 Å². The number of hydrogen-bond acceptors (Lipinski definition) is 3. The highest BCUT2D eigenvalue weighted by molar-refractivity contribution is 7.80. The molecule has 0 radical (unpaired) electrons. The van der Waals surface area contributed by atoms with Crippen LogP contribution >= 0.6 is 12.2 Å². The molecule has 0 aliphatic carbocycles. The lowest BCUT2D eigenvalue weighted by atomic mass is 10.0. The van der Waals surface area contributed by atoms with Gasteiger partial charge in [0, 0.05) is 35.9 Å². The second-order valence-corrected chi connectivity index (χ2v) is 7.52. The zero-order chi connectivity index (χ0) is 19.7. The highest BCUT2D eigenvalue weighted by atomic mass is 32.1. The van der Waals surface area contributed by atoms with Crippen LogP contribution in [-0.2, 0) is 0 Å². The average molecular weight is 393 g/mol. The van der Waals surface area contributed by atoms with Gasteiger partial charge in [0.15, 0.2) is 5.11 Å². The Kier molecular flexibility index (Phi) is 5.05. The van der Waals surface area contributed by atoms with Crippen LogP contribution < -0.4 is 10.1 Å². The molecule has 3 aromatic rings. The number of benzene rings is 1. The van der Waals surface area contributed by atoms with Gasteiger partial charge in [0.2, 0.25) is 0 Å². The standard InChI is InChI=1S/C22H24N4OS/c1-15(2)26-21(20(24-22(26)28)18-10-4-5-12-23-18)19-11-7-13-25(19)16-8-6-9-17(14-16)27-3/h4-15,20-21H,1-3H3,(H,24,28). The fourth-order valence-corrected chi connectivity index (χ4v) is 4.32. The van der Waals surface area contributed by atoms with Gasteiger partial charge in [-0.25, -0.2) is 0 Å². The minimum Gasteiger partial charge on any atom is -0.497 e. The molecule has 0 amide bonds. The first-order valence-electron chi connectivity index (χ1n) is 9.41. The van der Waals surface area contributed by atoms with Gasteiger partial charge in [0.1, 0.15) is 5.75 Å². The number of pyridine rings is 1. The summed E-state index contributed by atoms with van der Waals surface area (Å²) in [6, 6.07) is 18.6. The van der Waals surface area contributed by atoms with E-state index in [9.17, 15) is 0 Å². The van der Waals surface area contributed by atoms with Crippen LogP contribution in [0.5, 0.6) is 5.75 Å². The Morgan fingerprint density at radius 3 is 2.68 bits per heavy atom. The molecule has 1 aliphatic heterocycles. The van der Waals surface area contributed by atoms with Crippen molar-refractivity contribution in [3.63, 3.8) is 0 Å². The molecular weight excluding hydrogens is 368 g/mol. The normalized spacial score (nSPS) is 19.1. The lowest BCUT2D eigenvalue weighted by Gasteiger charge is -2.31. The predicted octanol–water partition coefficient (Wildman–Crippen LogP) is 4.26. The van der Waals surface area contributed by atoms with E-state index in [4.69, 9.17) is 17.0 Å². The zero-order valence-electron chi connectivity index (χ0n) is 16.2. The molecule has 0 spiro atoms. The number of rotatable bonds is 5. The topological polar surface area (TPSA) is 42.3 Å². The van der Waals surface area contributed by atoms with Crippen LogP contribution in [0.15, 0.2) is 67.0 Å². The van der Waals surface area contributed by atoms with Gasteiger partial charge in [0.25, 0.3) is 0 Å². The molecule has 2 atom stereocenters. The van der Waals surface area contributed by atoms with Gasteiger partial charge in [-0.2, -0.15) is 0 Å². The molecule has 1 N–H and O–H groups in total. The van der Waals surface area contributed by atoms with Crippen molar-refractivity contribution in [2.24, 2.45) is 0 Å². The molecule has 1 aliphatic rings. The average Bonchev–Trinajstić information content (AvgIpc) is 3.32. The van der Waals surface area contributed by atoms with Crippen molar-refractivity contribution in [3.05, 3.63) is 78.4 Å². The first-order valence-corrected chi connectivity index (χ1v) is 9.82. The monoisotopic (exact) mass is 392 g/mol. The van der Waals surface area contributed by atoms with Crippen molar-refractivity contribution in [2.75, 3.05) is 7.11 Å². The highest BCUT2D eigenvalue weighted by Crippen LogP contribution is 2.40. The number of thiocarbonyl (C=S) groups is 1. The highest BCUT2D eigenvalue weighted by Gasteiger charge is 2.42. The second-order valence-electron chi connectivity index (χ2n) is 7.13. The summed E-state index contributed by atoms with van der Waals surface area (Å²) in [6.45, 7) is 4.33. The molecule has 144 valence electrons. The summed E-state index contributed by atoms with van der Waals surface area (Å²) in [5, 5.41) is 4.26. The van der Waals surface area contributed by atoms with E-state index in [2.05, 4.69) is 64.1 Å². The van der Waals surface area contributed by atoms with Crippen molar-refractivity contribution in [3.8, 4) is 11.4 Å². The Morgan fingerprint density at radius 2 is 1.96 bits per heavy atom. The lowest BCUT2D eigenvalue weighted by Crippen LogP contribution is -2.36. The van der Waals surface area contributed by atoms with Crippen LogP contribution in [0.25, 0.3) is 5.69 Å². The van der Waals surface area contributed by atoms with Gasteiger partial charge >= 0.3 is 0 Å². The fraction of sp³-hybridized carbons (Fsp3) is 0.273. The van der Waals surface area contributed by atoms with E-state index in [1.54, 1.807) is 7.11 Å². The fourth-order valence-electron chi connectivity index (χ4n) is 3.87. The van der Waals surface area contributed by atoms with Crippen LogP contribution in [0.3, 0.4) is 0 Å². The third-order valence-electron chi connectivity index (χ3n) is 5.11. The van der Waals surface area contributed by atoms with Crippen LogP contribution in [0.1, 0.15) is 37.3 Å². The molecule has 5 nitrogen and oxygen atoms in total. The molecule has 2 aromatic heterocycles. The maximum Gasteiger partial charge on any atom is 0.170 e. The molecule has 1 fully saturated rings. The van der Waals surface area contributed by atoms with Crippen LogP contribution in [0.2, 0.25) is 0 Å². The second kappa shape index (κ2) is 7.64. The van der Waals surface area contributed by atoms with E-state index in [0.717, 1.165) is 27.9 Å². The molecular formula is C22H24N4OS. The number of hydrogen-bond donors (Lipinski definition) is 1. The lowest BCUT2D eigenvalue weighted by molar-refractivity contribution is 0.262. The summed E-state index contributed by atoms with van der Waals surface area (Å²) >= 11 is 5.70. The predicted molar refractivity (Wildman–Crippen MR) is 115 cm³/mol. The van der Waals surface area contributed by atoms with Gasteiger partial charge in [0.05, 0.1) is 24.9 Å². The number of aromatic nitrogens is 2. The smallest absolute Gasteiger partial charge is 0.170 e. The third kappa shape index (κ3) is 3.24. The number of nitrogens with zero attached hydrogens (tertiary/aromatic N) is 3. The summed E-state index contributed by atoms with van der Waals surface area (Å²) in [7, 11) is 1.69. The van der Waals surface area contributed by atoms with E-state index >= 15 is 0 Å². The first kappa shape index (κ1) is 18.5. The Labute approximate surface area is 171 Å². The van der Waals surface area contributed by atoms with Gasteiger partial charge < -0.3 is 19.5 Å². The molecule has 0 bridgehead atoms. The van der Waals surface area contributed by atoms with Crippen LogP contribution in [0, 0.1) is 0 Å². The van der Waals surface area contributed by atoms with Crippen molar-refractivity contribution in [1.82, 2.24) is 19.8 Å². The third-order valence-corrected chi connectivity index (χ3v) is 5.44. The summed E-state index contributed by atoms with van der Waals surface area (Å²) in [4.78, 5) is 6.87. The van der Waals surface area contributed by atoms with Crippen LogP contribution in [0.4, 0.5) is 0 Å². The van der Waals surface area contributed by atoms with E-state index < -0.39 is 0 Å². The Bertz CT molecular complexity index is 969. The van der Waals surface area contributed by atoms with E-state index in [-0.39, 0.29) is 18.1 Å². The van der Waals surface area contributed by atoms with E-state index in [1.807, 2.05) is 36.5 Å². The minimum absolute atomic E-state index is 0.0182. The van der Waals surface area contributed by atoms with Gasteiger partial charge in [-0.15, -0.1) is 0 Å². The molecule has 4 rings (SSSR count). The molecule has 6 heteroatoms. The first-order chi connectivity index (χ1) is 13.6. The van der Waals surface area contributed by atoms with Crippen molar-refractivity contribution >= 4 is 17.3 Å². The van der Waals surface area contributed by atoms with Gasteiger partial charge in [-0.05, 0) is 62.5 Å². The molecule has 0 saturated carbocycles. The largest absolute Gasteiger partial charge is 0.497 e. The SMILES string of the molecule is COc1cccc(-n2cccc2C2C(c3ccccn3)NC(=S)N2C(C)C)c1. The maximum atomic E-state index is 5.70. The van der Waals surface area contributed by atoms with Crippen molar-refractivity contribution < 1.29 is 4.74 Å². The maximum absolute atomic E-state index is 5.70. The van der Waals surface area contributed by atoms with Crippen molar-refractivity contribution in [2.45, 2.75) is 32.0 Å². The van der Waals surface area contributed by atoms with E-state index in [1.165, 1.54) is 0 Å². The minimum atomic E-state index is -0.0182. The Balaban J connectivity index is 1.83. The van der Waals surface area contributed by atoms with Crippen LogP contribution in [-0.4, -0.2) is 32.7 Å². The van der Waals surface area contributed by atoms with Crippen molar-refractivity contribution in [1.29, 1.82) is 0 Å². The van der Waals surface area contributed by atoms with Gasteiger partial charge in [-0.1, -0.05) is 12.1 Å². The molecule has 3 heterocycles. The number of methoxy groups -OCH3 is 1. The molecule has 1 aromatic carbocycles. The van der Waals surface area contributed by atoms with E-state index in [0.29, 0.717) is 0 Å². The summed E-state index contributed by atoms with van der Waals surface area (Å²) < 4.78 is 7.62. The summed E-state index contributed by atoms with van der Waals surface area (Å²) in [5.41, 5.74) is 3.20. The summed E-state index contributed by atoms with van der Waals surface area (Å²) in [5.74, 6) is 0.833. The molecule has 28 heavy (non-hydrogen) atoms. The number of ether oxygens (including phenoxy) is 1. The molecule has 1 saturated heterocycles.